The number of aliphatic carboxylic acids is 1. The maximum absolute atomic E-state index is 13.2. The van der Waals surface area contributed by atoms with Crippen molar-refractivity contribution in [2.24, 2.45) is 5.92 Å². The predicted octanol–water partition coefficient (Wildman–Crippen LogP) is -0.0824. The molecule has 0 aliphatic carbocycles. The topological polar surface area (TPSA) is 128 Å². The molecule has 0 unspecified atom stereocenters. The molecule has 4 amide bonds. The molecule has 5 heterocycles. The van der Waals surface area contributed by atoms with Crippen molar-refractivity contribution >= 4 is 59.3 Å². The van der Waals surface area contributed by atoms with Crippen LogP contribution in [0.3, 0.4) is 0 Å². The molecule has 0 radical (unpaired) electrons. The zero-order valence-electron chi connectivity index (χ0n) is 19.9. The van der Waals surface area contributed by atoms with Crippen LogP contribution in [0.4, 0.5) is 4.79 Å². The Morgan fingerprint density at radius 1 is 1.14 bits per heavy atom. The first-order chi connectivity index (χ1) is 16.7. The van der Waals surface area contributed by atoms with Crippen molar-refractivity contribution < 1.29 is 33.8 Å². The molecule has 12 heteroatoms. The number of ether oxygens (including phenoxy) is 1. The van der Waals surface area contributed by atoms with E-state index in [1.165, 1.54) is 16.7 Å². The van der Waals surface area contributed by atoms with Crippen molar-refractivity contribution in [1.29, 1.82) is 0 Å². The number of β-lactam (4-membered cyclic amide) rings is 1. The van der Waals surface area contributed by atoms with Crippen LogP contribution in [0.1, 0.15) is 39.5 Å². The number of nitrogens with zero attached hydrogens (tertiary/aromatic N) is 4. The third-order valence-corrected chi connectivity index (χ3v) is 7.93. The fourth-order valence-corrected chi connectivity index (χ4v) is 6.33. The van der Waals surface area contributed by atoms with Gasteiger partial charge in [0.2, 0.25) is 11.8 Å². The minimum absolute atomic E-state index is 0. The molecule has 4 fully saturated rings. The second-order valence-electron chi connectivity index (χ2n) is 9.79. The van der Waals surface area contributed by atoms with Gasteiger partial charge in [-0.25, -0.2) is 9.59 Å². The summed E-state index contributed by atoms with van der Waals surface area (Å²) in [6, 6.07) is -0.871. The molecule has 0 spiro atoms. The van der Waals surface area contributed by atoms with Crippen molar-refractivity contribution in [3.05, 3.63) is 22.9 Å². The Balaban J connectivity index is 0.00000304. The average Bonchev–Trinajstić information content (AvgIpc) is 3.37. The molecule has 5 aliphatic rings. The quantitative estimate of drug-likeness (QED) is 0.318. The van der Waals surface area contributed by atoms with E-state index in [0.717, 1.165) is 0 Å². The zero-order valence-corrected chi connectivity index (χ0v) is 19.9. The van der Waals surface area contributed by atoms with Gasteiger partial charge < -0.3 is 24.5 Å². The predicted molar refractivity (Wildman–Crippen MR) is 128 cm³/mol. The summed E-state index contributed by atoms with van der Waals surface area (Å²) in [5, 5.41) is 9.92. The van der Waals surface area contributed by atoms with E-state index >= 15 is 0 Å². The molecule has 3 atom stereocenters. The number of amides is 4. The van der Waals surface area contributed by atoms with Crippen LogP contribution in [0.25, 0.3) is 0 Å². The van der Waals surface area contributed by atoms with Crippen LogP contribution in [0.15, 0.2) is 22.9 Å². The number of carboxylic acid groups (broad SMARTS) is 1. The number of hydrogen-bond donors (Lipinski definition) is 1. The number of allylic oxidation sites excluding steroid dienone is 2. The second-order valence-corrected chi connectivity index (χ2v) is 9.79. The summed E-state index contributed by atoms with van der Waals surface area (Å²) < 4.78 is 5.06. The molecule has 0 bridgehead atoms. The standard InChI is InChI=1S/C24H30N4O7.Na.H/c1-3-35-24(34)25-7-5-17(6-8-25)26-9-4-14(21(26)30)10-15-11-16-12-27(13(2)29)20-18(16)28(22(20)31)19(15)23(32)33;;/h10,16-18,20H,3-9,11-12H2,1-2H3,(H,32,33);;/b14-10+;;/t16-,18-,20+;;/m1../s1. The zero-order chi connectivity index (χ0) is 25.0. The Labute approximate surface area is 231 Å². The van der Waals surface area contributed by atoms with Gasteiger partial charge in [-0.2, -0.15) is 0 Å². The first-order valence-electron chi connectivity index (χ1n) is 12.2. The average molecular weight is 511 g/mol. The van der Waals surface area contributed by atoms with E-state index in [0.29, 0.717) is 69.6 Å². The summed E-state index contributed by atoms with van der Waals surface area (Å²) >= 11 is 0. The van der Waals surface area contributed by atoms with Gasteiger partial charge in [0.05, 0.1) is 12.6 Å². The molecule has 5 rings (SSSR count). The monoisotopic (exact) mass is 510 g/mol. The van der Waals surface area contributed by atoms with Crippen LogP contribution in [-0.2, 0) is 23.9 Å². The maximum atomic E-state index is 13.2. The molecule has 0 saturated carbocycles. The Morgan fingerprint density at radius 2 is 1.83 bits per heavy atom. The minimum atomic E-state index is -1.20. The van der Waals surface area contributed by atoms with Crippen LogP contribution < -0.4 is 0 Å². The summed E-state index contributed by atoms with van der Waals surface area (Å²) in [6.45, 7) is 5.50. The van der Waals surface area contributed by atoms with E-state index in [1.807, 2.05) is 4.90 Å². The van der Waals surface area contributed by atoms with Crippen molar-refractivity contribution in [2.45, 2.75) is 57.7 Å². The first-order valence-corrected chi connectivity index (χ1v) is 12.2. The van der Waals surface area contributed by atoms with Gasteiger partial charge in [-0.1, -0.05) is 0 Å². The summed E-state index contributed by atoms with van der Waals surface area (Å²) in [7, 11) is 0. The van der Waals surface area contributed by atoms with Gasteiger partial charge in [0.1, 0.15) is 11.7 Å². The number of carbonyl (C=O) groups excluding carboxylic acids is 4. The Kier molecular flexibility index (Phi) is 7.55. The molecule has 0 aromatic heterocycles. The normalized spacial score (nSPS) is 28.8. The van der Waals surface area contributed by atoms with Gasteiger partial charge in [0, 0.05) is 50.6 Å². The van der Waals surface area contributed by atoms with E-state index in [2.05, 4.69) is 0 Å². The number of likely N-dealkylation sites (tertiary alicyclic amines) is 3. The van der Waals surface area contributed by atoms with E-state index in [-0.39, 0.29) is 77.1 Å². The summed E-state index contributed by atoms with van der Waals surface area (Å²) in [4.78, 5) is 68.5. The molecule has 190 valence electrons. The van der Waals surface area contributed by atoms with Crippen molar-refractivity contribution in [3.8, 4) is 0 Å². The molecule has 5 aliphatic heterocycles. The van der Waals surface area contributed by atoms with Crippen LogP contribution in [0.5, 0.6) is 0 Å². The third-order valence-electron chi connectivity index (χ3n) is 7.93. The second kappa shape index (κ2) is 10.2. The van der Waals surface area contributed by atoms with Gasteiger partial charge in [-0.3, -0.25) is 19.3 Å². The van der Waals surface area contributed by atoms with E-state index in [9.17, 15) is 29.1 Å². The van der Waals surface area contributed by atoms with E-state index in [1.54, 1.807) is 17.9 Å². The van der Waals surface area contributed by atoms with Crippen LogP contribution in [0, 0.1) is 5.92 Å². The van der Waals surface area contributed by atoms with Gasteiger partial charge in [-0.15, -0.1) is 0 Å². The van der Waals surface area contributed by atoms with Crippen molar-refractivity contribution in [1.82, 2.24) is 19.6 Å². The first kappa shape index (κ1) is 26.7. The molecule has 0 aromatic carbocycles. The molecule has 0 aromatic rings. The summed E-state index contributed by atoms with van der Waals surface area (Å²) in [5.74, 6) is -1.92. The van der Waals surface area contributed by atoms with Gasteiger partial charge in [-0.05, 0) is 44.3 Å². The van der Waals surface area contributed by atoms with Crippen molar-refractivity contribution in [2.75, 3.05) is 32.8 Å². The number of rotatable bonds is 4. The molecule has 4 saturated heterocycles. The van der Waals surface area contributed by atoms with E-state index < -0.39 is 12.0 Å². The molecule has 11 nitrogen and oxygen atoms in total. The summed E-state index contributed by atoms with van der Waals surface area (Å²) in [6.07, 6.45) is 3.56. The van der Waals surface area contributed by atoms with Gasteiger partial charge in [0.25, 0.3) is 5.91 Å². The van der Waals surface area contributed by atoms with E-state index in [4.69, 9.17) is 4.74 Å². The van der Waals surface area contributed by atoms with Crippen molar-refractivity contribution in [3.63, 3.8) is 0 Å². The molecular weight excluding hydrogens is 479 g/mol. The SMILES string of the molecule is CCOC(=O)N1CCC(N2CC/C(=C\C3=C(C(=O)O)N4C(=O)[C@@H]5[C@H]4[C@H](C3)CN5C(C)=O)C2=O)CC1.[NaH]. The molecule has 36 heavy (non-hydrogen) atoms. The molecule has 1 N–H and O–H groups in total. The summed E-state index contributed by atoms with van der Waals surface area (Å²) in [5.41, 5.74) is 0.939. The Morgan fingerprint density at radius 3 is 2.44 bits per heavy atom. The third kappa shape index (κ3) is 4.24. The number of carbonyl (C=O) groups is 5. The fourth-order valence-electron chi connectivity index (χ4n) is 6.33. The Bertz CT molecular complexity index is 1060. The number of carboxylic acids is 1. The van der Waals surface area contributed by atoms with Crippen LogP contribution in [0.2, 0.25) is 0 Å². The van der Waals surface area contributed by atoms with Crippen LogP contribution >= 0.6 is 0 Å². The van der Waals surface area contributed by atoms with Gasteiger partial charge in [0.15, 0.2) is 0 Å². The number of piperidine rings is 1. The van der Waals surface area contributed by atoms with Crippen LogP contribution in [-0.4, -0.2) is 135 Å². The number of hydrogen-bond acceptors (Lipinski definition) is 6. The Hall–Kier alpha value is -2.37. The molecular formula is C24H31N4NaO7. The van der Waals surface area contributed by atoms with Gasteiger partial charge >= 0.3 is 41.6 Å². The fraction of sp³-hybridized carbons (Fsp3) is 0.625.